The monoisotopic (exact) mass is 319 g/mol. The van der Waals surface area contributed by atoms with Crippen LogP contribution < -0.4 is 15.4 Å². The number of nitrogens with one attached hydrogen (secondary N) is 2. The van der Waals surface area contributed by atoms with Crippen LogP contribution in [0.3, 0.4) is 0 Å². The van der Waals surface area contributed by atoms with E-state index in [1.165, 1.54) is 5.56 Å². The molecule has 0 aromatic heterocycles. The van der Waals surface area contributed by atoms with E-state index in [4.69, 9.17) is 9.47 Å². The van der Waals surface area contributed by atoms with Gasteiger partial charge in [0.15, 0.2) is 5.96 Å². The Bertz CT molecular complexity index is 511. The highest BCUT2D eigenvalue weighted by atomic mass is 16.5. The first kappa shape index (κ1) is 17.6. The van der Waals surface area contributed by atoms with Crippen molar-refractivity contribution in [2.24, 2.45) is 4.99 Å². The van der Waals surface area contributed by atoms with Crippen LogP contribution in [-0.4, -0.2) is 44.4 Å². The minimum Gasteiger partial charge on any atom is -0.492 e. The lowest BCUT2D eigenvalue weighted by Crippen LogP contribution is -2.40. The number of benzene rings is 1. The van der Waals surface area contributed by atoms with Gasteiger partial charge in [-0.15, -0.1) is 0 Å². The summed E-state index contributed by atoms with van der Waals surface area (Å²) in [7, 11) is 0. The van der Waals surface area contributed by atoms with E-state index in [9.17, 15) is 0 Å². The Labute approximate surface area is 139 Å². The van der Waals surface area contributed by atoms with Crippen LogP contribution in [0.2, 0.25) is 0 Å². The lowest BCUT2D eigenvalue weighted by molar-refractivity contribution is 0.0283. The Morgan fingerprint density at radius 2 is 2.26 bits per heavy atom. The molecule has 128 valence electrons. The molecular weight excluding hydrogens is 290 g/mol. The highest BCUT2D eigenvalue weighted by Gasteiger charge is 2.29. The van der Waals surface area contributed by atoms with Gasteiger partial charge in [-0.05, 0) is 51.3 Å². The SMILES string of the molecule is CCNC(=NCC1(C)CCCO1)NCCOc1cccc(C)c1. The first-order chi connectivity index (χ1) is 11.1. The predicted octanol–water partition coefficient (Wildman–Crippen LogP) is 2.50. The van der Waals surface area contributed by atoms with Gasteiger partial charge in [0.1, 0.15) is 12.4 Å². The lowest BCUT2D eigenvalue weighted by Gasteiger charge is -2.21. The van der Waals surface area contributed by atoms with Crippen molar-refractivity contribution in [1.82, 2.24) is 10.6 Å². The Morgan fingerprint density at radius 1 is 1.39 bits per heavy atom. The van der Waals surface area contributed by atoms with Crippen molar-refractivity contribution < 1.29 is 9.47 Å². The van der Waals surface area contributed by atoms with Crippen LogP contribution in [0, 0.1) is 6.92 Å². The van der Waals surface area contributed by atoms with Crippen molar-refractivity contribution in [2.45, 2.75) is 39.2 Å². The van der Waals surface area contributed by atoms with Crippen molar-refractivity contribution in [3.8, 4) is 5.75 Å². The molecule has 23 heavy (non-hydrogen) atoms. The average Bonchev–Trinajstić information content (AvgIpc) is 2.96. The molecule has 5 heteroatoms. The standard InChI is InChI=1S/C18H29N3O2/c1-4-19-17(21-14-18(3)9-6-11-23-18)20-10-12-22-16-8-5-7-15(2)13-16/h5,7-8,13H,4,6,9-12,14H2,1-3H3,(H2,19,20,21). The van der Waals surface area contributed by atoms with Crippen molar-refractivity contribution in [3.63, 3.8) is 0 Å². The molecule has 2 N–H and O–H groups in total. The van der Waals surface area contributed by atoms with Gasteiger partial charge in [0, 0.05) is 13.2 Å². The minimum absolute atomic E-state index is 0.111. The molecule has 1 saturated heterocycles. The second-order valence-corrected chi connectivity index (χ2v) is 6.19. The molecule has 1 aromatic carbocycles. The predicted molar refractivity (Wildman–Crippen MR) is 94.2 cm³/mol. The molecule has 0 saturated carbocycles. The summed E-state index contributed by atoms with van der Waals surface area (Å²) in [5.41, 5.74) is 1.09. The zero-order valence-electron chi connectivity index (χ0n) is 14.5. The topological polar surface area (TPSA) is 54.9 Å². The molecule has 0 aliphatic carbocycles. The minimum atomic E-state index is -0.111. The van der Waals surface area contributed by atoms with Gasteiger partial charge in [0.2, 0.25) is 0 Å². The fraction of sp³-hybridized carbons (Fsp3) is 0.611. The third-order valence-corrected chi connectivity index (χ3v) is 3.87. The van der Waals surface area contributed by atoms with E-state index in [2.05, 4.69) is 42.5 Å². The average molecular weight is 319 g/mol. The summed E-state index contributed by atoms with van der Waals surface area (Å²) in [5, 5.41) is 6.56. The highest BCUT2D eigenvalue weighted by Crippen LogP contribution is 2.24. The molecule has 5 nitrogen and oxygen atoms in total. The smallest absolute Gasteiger partial charge is 0.191 e. The zero-order valence-corrected chi connectivity index (χ0v) is 14.5. The van der Waals surface area contributed by atoms with E-state index >= 15 is 0 Å². The third kappa shape index (κ3) is 6.10. The summed E-state index contributed by atoms with van der Waals surface area (Å²) in [6, 6.07) is 8.08. The van der Waals surface area contributed by atoms with E-state index in [1.54, 1.807) is 0 Å². The Kier molecular flexibility index (Phi) is 6.71. The zero-order chi connectivity index (χ0) is 16.5. The van der Waals surface area contributed by atoms with Crippen molar-refractivity contribution in [3.05, 3.63) is 29.8 Å². The van der Waals surface area contributed by atoms with Crippen molar-refractivity contribution in [2.75, 3.05) is 32.8 Å². The summed E-state index contributed by atoms with van der Waals surface area (Å²) < 4.78 is 11.5. The van der Waals surface area contributed by atoms with E-state index in [0.717, 1.165) is 37.7 Å². The molecule has 0 amide bonds. The van der Waals surface area contributed by atoms with Gasteiger partial charge in [0.25, 0.3) is 0 Å². The molecule has 0 radical (unpaired) electrons. The van der Waals surface area contributed by atoms with Crippen LogP contribution in [0.15, 0.2) is 29.3 Å². The molecule has 1 atom stereocenters. The maximum absolute atomic E-state index is 5.78. The fourth-order valence-corrected chi connectivity index (χ4v) is 2.59. The van der Waals surface area contributed by atoms with Crippen molar-refractivity contribution >= 4 is 5.96 Å². The molecule has 2 rings (SSSR count). The molecular formula is C18H29N3O2. The van der Waals surface area contributed by atoms with Gasteiger partial charge >= 0.3 is 0 Å². The Balaban J connectivity index is 1.75. The molecule has 1 aromatic rings. The number of nitrogens with zero attached hydrogens (tertiary/aromatic N) is 1. The van der Waals surface area contributed by atoms with Gasteiger partial charge in [-0.3, -0.25) is 4.99 Å². The maximum atomic E-state index is 5.78. The maximum Gasteiger partial charge on any atom is 0.191 e. The highest BCUT2D eigenvalue weighted by molar-refractivity contribution is 5.79. The second kappa shape index (κ2) is 8.77. The lowest BCUT2D eigenvalue weighted by atomic mass is 10.0. The number of hydrogen-bond acceptors (Lipinski definition) is 3. The first-order valence-electron chi connectivity index (χ1n) is 8.47. The van der Waals surface area contributed by atoms with Crippen LogP contribution in [0.5, 0.6) is 5.75 Å². The van der Waals surface area contributed by atoms with Gasteiger partial charge < -0.3 is 20.1 Å². The number of rotatable bonds is 7. The summed E-state index contributed by atoms with van der Waals surface area (Å²) >= 11 is 0. The number of ether oxygens (including phenoxy) is 2. The van der Waals surface area contributed by atoms with Crippen LogP contribution in [0.25, 0.3) is 0 Å². The summed E-state index contributed by atoms with van der Waals surface area (Å²) in [6.07, 6.45) is 2.20. The summed E-state index contributed by atoms with van der Waals surface area (Å²) in [4.78, 5) is 4.64. The van der Waals surface area contributed by atoms with Gasteiger partial charge in [0.05, 0.1) is 18.7 Å². The summed E-state index contributed by atoms with van der Waals surface area (Å²) in [5.74, 6) is 1.72. The van der Waals surface area contributed by atoms with E-state index in [0.29, 0.717) is 19.7 Å². The Morgan fingerprint density at radius 3 is 2.96 bits per heavy atom. The van der Waals surface area contributed by atoms with Crippen LogP contribution in [0.1, 0.15) is 32.3 Å². The van der Waals surface area contributed by atoms with Crippen LogP contribution in [0.4, 0.5) is 0 Å². The number of guanidine groups is 1. The molecule has 1 aliphatic heterocycles. The third-order valence-electron chi connectivity index (χ3n) is 3.87. The van der Waals surface area contributed by atoms with E-state index in [1.807, 2.05) is 18.2 Å². The fourth-order valence-electron chi connectivity index (χ4n) is 2.59. The normalized spacial score (nSPS) is 21.3. The molecule has 1 aliphatic rings. The summed E-state index contributed by atoms with van der Waals surface area (Å²) in [6.45, 7) is 9.93. The number of aliphatic imine (C=N–C) groups is 1. The van der Waals surface area contributed by atoms with Gasteiger partial charge in [-0.2, -0.15) is 0 Å². The van der Waals surface area contributed by atoms with E-state index < -0.39 is 0 Å². The van der Waals surface area contributed by atoms with Gasteiger partial charge in [-0.25, -0.2) is 0 Å². The van der Waals surface area contributed by atoms with E-state index in [-0.39, 0.29) is 5.60 Å². The molecule has 1 heterocycles. The molecule has 1 unspecified atom stereocenters. The van der Waals surface area contributed by atoms with Crippen LogP contribution >= 0.6 is 0 Å². The largest absolute Gasteiger partial charge is 0.492 e. The van der Waals surface area contributed by atoms with Crippen molar-refractivity contribution in [1.29, 1.82) is 0 Å². The molecule has 0 spiro atoms. The van der Waals surface area contributed by atoms with Gasteiger partial charge in [-0.1, -0.05) is 12.1 Å². The molecule has 0 bridgehead atoms. The number of hydrogen-bond donors (Lipinski definition) is 2. The first-order valence-corrected chi connectivity index (χ1v) is 8.47. The second-order valence-electron chi connectivity index (χ2n) is 6.19. The Hall–Kier alpha value is -1.75. The number of aryl methyl sites for hydroxylation is 1. The van der Waals surface area contributed by atoms with Crippen LogP contribution in [-0.2, 0) is 4.74 Å². The quantitative estimate of drug-likeness (QED) is 0.461. The molecule has 1 fully saturated rings.